The molecule has 0 aromatic carbocycles. The van der Waals surface area contributed by atoms with Gasteiger partial charge in [-0.2, -0.15) is 0 Å². The standard InChI is InChI=1S/C10H21N3O2/c1-5-13(6-2)9(15)12-10(3,4)7-8(11)14/h5-7H2,1-4H3,(H2,11,14)(H,12,15). The van der Waals surface area contributed by atoms with Crippen molar-refractivity contribution in [2.45, 2.75) is 39.7 Å². The molecule has 0 fully saturated rings. The Labute approximate surface area is 91.0 Å². The molecule has 3 amide bonds. The molecule has 0 saturated heterocycles. The molecule has 0 saturated carbocycles. The molecule has 15 heavy (non-hydrogen) atoms. The van der Waals surface area contributed by atoms with Crippen molar-refractivity contribution in [2.75, 3.05) is 13.1 Å². The van der Waals surface area contributed by atoms with Crippen molar-refractivity contribution in [2.24, 2.45) is 5.73 Å². The van der Waals surface area contributed by atoms with Crippen LogP contribution in [0, 0.1) is 0 Å². The maximum Gasteiger partial charge on any atom is 0.317 e. The zero-order valence-corrected chi connectivity index (χ0v) is 9.96. The zero-order chi connectivity index (χ0) is 12.1. The van der Waals surface area contributed by atoms with Crippen LogP contribution in [0.4, 0.5) is 4.79 Å². The molecule has 0 spiro atoms. The van der Waals surface area contributed by atoms with E-state index in [4.69, 9.17) is 5.73 Å². The molecule has 5 heteroatoms. The van der Waals surface area contributed by atoms with Gasteiger partial charge in [-0.25, -0.2) is 4.79 Å². The summed E-state index contributed by atoms with van der Waals surface area (Å²) in [5.41, 5.74) is 4.50. The highest BCUT2D eigenvalue weighted by molar-refractivity contribution is 5.78. The minimum absolute atomic E-state index is 0.139. The number of carbonyl (C=O) groups is 2. The fourth-order valence-electron chi connectivity index (χ4n) is 1.36. The molecule has 0 atom stereocenters. The summed E-state index contributed by atoms with van der Waals surface area (Å²) in [5.74, 6) is -0.417. The van der Waals surface area contributed by atoms with Gasteiger partial charge in [-0.15, -0.1) is 0 Å². The van der Waals surface area contributed by atoms with E-state index in [2.05, 4.69) is 5.32 Å². The molecule has 0 aliphatic heterocycles. The molecule has 3 N–H and O–H groups in total. The number of urea groups is 1. The summed E-state index contributed by atoms with van der Waals surface area (Å²) < 4.78 is 0. The number of carbonyl (C=O) groups excluding carboxylic acids is 2. The number of nitrogens with one attached hydrogen (secondary N) is 1. The maximum atomic E-state index is 11.7. The minimum atomic E-state index is -0.592. The fraction of sp³-hybridized carbons (Fsp3) is 0.800. The van der Waals surface area contributed by atoms with Crippen molar-refractivity contribution in [3.05, 3.63) is 0 Å². The summed E-state index contributed by atoms with van der Waals surface area (Å²) in [5, 5.41) is 2.78. The smallest absolute Gasteiger partial charge is 0.317 e. The molecular weight excluding hydrogens is 194 g/mol. The van der Waals surface area contributed by atoms with E-state index in [0.717, 1.165) is 0 Å². The second-order valence-corrected chi connectivity index (χ2v) is 4.13. The third kappa shape index (κ3) is 5.24. The second-order valence-electron chi connectivity index (χ2n) is 4.13. The molecule has 0 unspecified atom stereocenters. The van der Waals surface area contributed by atoms with Gasteiger partial charge < -0.3 is 16.0 Å². The predicted octanol–water partition coefficient (Wildman–Crippen LogP) is 0.692. The summed E-state index contributed by atoms with van der Waals surface area (Å²) in [6.07, 6.45) is 0.139. The molecule has 0 aliphatic rings. The van der Waals surface area contributed by atoms with Crippen LogP contribution in [0.1, 0.15) is 34.1 Å². The Hall–Kier alpha value is -1.26. The number of hydrogen-bond acceptors (Lipinski definition) is 2. The van der Waals surface area contributed by atoms with Gasteiger partial charge in [-0.1, -0.05) is 0 Å². The van der Waals surface area contributed by atoms with Crippen LogP contribution in [0.15, 0.2) is 0 Å². The van der Waals surface area contributed by atoms with Crippen molar-refractivity contribution >= 4 is 11.9 Å². The van der Waals surface area contributed by atoms with Crippen LogP contribution in [0.2, 0.25) is 0 Å². The Morgan fingerprint density at radius 1 is 1.27 bits per heavy atom. The van der Waals surface area contributed by atoms with E-state index in [1.54, 1.807) is 18.7 Å². The van der Waals surface area contributed by atoms with Gasteiger partial charge in [0.15, 0.2) is 0 Å². The zero-order valence-electron chi connectivity index (χ0n) is 9.96. The SMILES string of the molecule is CCN(CC)C(=O)NC(C)(C)CC(N)=O. The number of hydrogen-bond donors (Lipinski definition) is 2. The Bertz CT molecular complexity index is 235. The highest BCUT2D eigenvalue weighted by Crippen LogP contribution is 2.08. The van der Waals surface area contributed by atoms with E-state index in [1.165, 1.54) is 0 Å². The van der Waals surface area contributed by atoms with Crippen molar-refractivity contribution in [3.63, 3.8) is 0 Å². The molecule has 0 bridgehead atoms. The molecule has 0 rings (SSSR count). The quantitative estimate of drug-likeness (QED) is 0.708. The van der Waals surface area contributed by atoms with Crippen LogP contribution < -0.4 is 11.1 Å². The largest absolute Gasteiger partial charge is 0.370 e. The highest BCUT2D eigenvalue weighted by atomic mass is 16.2. The summed E-state index contributed by atoms with van der Waals surface area (Å²) in [6.45, 7) is 8.66. The lowest BCUT2D eigenvalue weighted by molar-refractivity contribution is -0.119. The van der Waals surface area contributed by atoms with Crippen molar-refractivity contribution in [1.82, 2.24) is 10.2 Å². The Kier molecular flexibility index (Phi) is 5.11. The second kappa shape index (κ2) is 5.58. The van der Waals surface area contributed by atoms with Gasteiger partial charge in [-0.05, 0) is 27.7 Å². The highest BCUT2D eigenvalue weighted by Gasteiger charge is 2.24. The Morgan fingerprint density at radius 2 is 1.73 bits per heavy atom. The number of nitrogens with zero attached hydrogens (tertiary/aromatic N) is 1. The average Bonchev–Trinajstić information content (AvgIpc) is 2.02. The molecule has 5 nitrogen and oxygen atoms in total. The molecule has 0 aromatic heterocycles. The van der Waals surface area contributed by atoms with Gasteiger partial charge in [0.25, 0.3) is 0 Å². The topological polar surface area (TPSA) is 75.4 Å². The van der Waals surface area contributed by atoms with E-state index in [9.17, 15) is 9.59 Å². The predicted molar refractivity (Wildman–Crippen MR) is 59.3 cm³/mol. The summed E-state index contributed by atoms with van der Waals surface area (Å²) in [7, 11) is 0. The average molecular weight is 215 g/mol. The molecule has 88 valence electrons. The Balaban J connectivity index is 4.31. The number of primary amides is 1. The van der Waals surface area contributed by atoms with Crippen LogP contribution in [-0.2, 0) is 4.79 Å². The first-order chi connectivity index (χ1) is 6.82. The number of nitrogens with two attached hydrogens (primary N) is 1. The maximum absolute atomic E-state index is 11.7. The van der Waals surface area contributed by atoms with Gasteiger partial charge >= 0.3 is 6.03 Å². The van der Waals surface area contributed by atoms with Crippen molar-refractivity contribution < 1.29 is 9.59 Å². The minimum Gasteiger partial charge on any atom is -0.370 e. The van der Waals surface area contributed by atoms with Gasteiger partial charge in [-0.3, -0.25) is 4.79 Å². The van der Waals surface area contributed by atoms with Gasteiger partial charge in [0, 0.05) is 25.0 Å². The first-order valence-electron chi connectivity index (χ1n) is 5.17. The fourth-order valence-corrected chi connectivity index (χ4v) is 1.36. The molecule has 0 radical (unpaired) electrons. The lowest BCUT2D eigenvalue weighted by Crippen LogP contribution is -2.51. The molecule has 0 aliphatic carbocycles. The van der Waals surface area contributed by atoms with E-state index in [1.807, 2.05) is 13.8 Å². The van der Waals surface area contributed by atoms with Crippen molar-refractivity contribution in [1.29, 1.82) is 0 Å². The van der Waals surface area contributed by atoms with E-state index in [-0.39, 0.29) is 12.5 Å². The van der Waals surface area contributed by atoms with E-state index < -0.39 is 11.4 Å². The van der Waals surface area contributed by atoms with Crippen LogP contribution in [0.25, 0.3) is 0 Å². The first kappa shape index (κ1) is 13.7. The monoisotopic (exact) mass is 215 g/mol. The lowest BCUT2D eigenvalue weighted by atomic mass is 10.0. The molecule has 0 aromatic rings. The van der Waals surface area contributed by atoms with Crippen LogP contribution in [0.3, 0.4) is 0 Å². The van der Waals surface area contributed by atoms with Crippen LogP contribution >= 0.6 is 0 Å². The van der Waals surface area contributed by atoms with Gasteiger partial charge in [0.05, 0.1) is 0 Å². The molecular formula is C10H21N3O2. The summed E-state index contributed by atoms with van der Waals surface area (Å²) in [6, 6.07) is -0.161. The van der Waals surface area contributed by atoms with E-state index in [0.29, 0.717) is 13.1 Å². The van der Waals surface area contributed by atoms with Gasteiger partial charge in [0.1, 0.15) is 0 Å². The lowest BCUT2D eigenvalue weighted by Gasteiger charge is -2.29. The summed E-state index contributed by atoms with van der Waals surface area (Å²) in [4.78, 5) is 24.1. The van der Waals surface area contributed by atoms with E-state index >= 15 is 0 Å². The third-order valence-electron chi connectivity index (χ3n) is 2.11. The molecule has 0 heterocycles. The van der Waals surface area contributed by atoms with Crippen LogP contribution in [0.5, 0.6) is 0 Å². The van der Waals surface area contributed by atoms with Gasteiger partial charge in [0.2, 0.25) is 5.91 Å². The normalized spacial score (nSPS) is 10.9. The number of amides is 3. The van der Waals surface area contributed by atoms with Crippen LogP contribution in [-0.4, -0.2) is 35.5 Å². The first-order valence-corrected chi connectivity index (χ1v) is 5.17. The third-order valence-corrected chi connectivity index (χ3v) is 2.11. The Morgan fingerprint density at radius 3 is 2.07 bits per heavy atom. The summed E-state index contributed by atoms with van der Waals surface area (Å²) >= 11 is 0. The van der Waals surface area contributed by atoms with Crippen molar-refractivity contribution in [3.8, 4) is 0 Å². The number of rotatable bonds is 5.